The van der Waals surface area contributed by atoms with Crippen LogP contribution in [0.4, 0.5) is 11.1 Å². The summed E-state index contributed by atoms with van der Waals surface area (Å²) in [7, 11) is 0. The van der Waals surface area contributed by atoms with Crippen LogP contribution in [0.2, 0.25) is 0 Å². The molecule has 0 saturated carbocycles. The Morgan fingerprint density at radius 3 is 2.52 bits per heavy atom. The van der Waals surface area contributed by atoms with Gasteiger partial charge >= 0.3 is 0 Å². The minimum Gasteiger partial charge on any atom is -0.441 e. The van der Waals surface area contributed by atoms with E-state index in [1.165, 1.54) is 11.3 Å². The Morgan fingerprint density at radius 2 is 1.83 bits per heavy atom. The lowest BCUT2D eigenvalue weighted by molar-refractivity contribution is 0.403. The fourth-order valence-electron chi connectivity index (χ4n) is 1.75. The fraction of sp³-hybridized carbons (Fsp3) is 0.250. The number of aromatic nitrogens is 4. The lowest BCUT2D eigenvalue weighted by Gasteiger charge is -2.12. The fourth-order valence-corrected chi connectivity index (χ4v) is 2.46. The van der Waals surface area contributed by atoms with Crippen molar-refractivity contribution in [3.05, 3.63) is 47.4 Å². The molecule has 0 radical (unpaired) electrons. The summed E-state index contributed by atoms with van der Waals surface area (Å²) in [6.07, 6.45) is 10.7. The Balaban J connectivity index is 1.68. The maximum atomic E-state index is 5.72. The van der Waals surface area contributed by atoms with Crippen molar-refractivity contribution in [2.45, 2.75) is 26.2 Å². The van der Waals surface area contributed by atoms with Crippen molar-refractivity contribution in [1.82, 2.24) is 19.9 Å². The molecule has 3 aromatic rings. The van der Waals surface area contributed by atoms with Crippen LogP contribution in [-0.4, -0.2) is 19.9 Å². The van der Waals surface area contributed by atoms with E-state index in [0.29, 0.717) is 11.8 Å². The average Bonchev–Trinajstić information content (AvgIpc) is 3.15. The summed E-state index contributed by atoms with van der Waals surface area (Å²) in [6, 6.07) is 1.77. The summed E-state index contributed by atoms with van der Waals surface area (Å²) in [6.45, 7) is 6.27. The minimum atomic E-state index is -0.0453. The van der Waals surface area contributed by atoms with Gasteiger partial charge in [-0.15, -0.1) is 0 Å². The zero-order chi connectivity index (χ0) is 16.3. The van der Waals surface area contributed by atoms with Crippen molar-refractivity contribution in [1.29, 1.82) is 0 Å². The second-order valence-electron chi connectivity index (χ2n) is 5.91. The third-order valence-electron chi connectivity index (χ3n) is 2.96. The summed E-state index contributed by atoms with van der Waals surface area (Å²) in [4.78, 5) is 17.8. The van der Waals surface area contributed by atoms with Crippen molar-refractivity contribution in [3.63, 3.8) is 0 Å². The van der Waals surface area contributed by atoms with E-state index in [9.17, 15) is 0 Å². The molecular weight excluding hydrogens is 310 g/mol. The maximum absolute atomic E-state index is 5.72. The van der Waals surface area contributed by atoms with Gasteiger partial charge in [-0.3, -0.25) is 0 Å². The molecule has 3 heterocycles. The monoisotopic (exact) mass is 327 g/mol. The standard InChI is InChI=1S/C16H17N5OS/c1-16(2,3)12-10-19-13(22-12)6-5-11-9-20-15(23-11)21-14-17-7-4-8-18-14/h4-10H,1-3H3,(H,17,18,20,21)/b6-5+. The lowest BCUT2D eigenvalue weighted by Crippen LogP contribution is -2.09. The van der Waals surface area contributed by atoms with Crippen molar-refractivity contribution in [2.24, 2.45) is 0 Å². The average molecular weight is 327 g/mol. The SMILES string of the molecule is CC(C)(C)c1cnc(/C=C/c2cnc(Nc3ncccn3)s2)o1. The van der Waals surface area contributed by atoms with Gasteiger partial charge in [-0.2, -0.15) is 0 Å². The topological polar surface area (TPSA) is 76.7 Å². The van der Waals surface area contributed by atoms with Crippen molar-refractivity contribution < 1.29 is 4.42 Å². The van der Waals surface area contributed by atoms with Crippen molar-refractivity contribution in [3.8, 4) is 0 Å². The lowest BCUT2D eigenvalue weighted by atomic mass is 9.94. The molecule has 0 bridgehead atoms. The summed E-state index contributed by atoms with van der Waals surface area (Å²) in [5, 5.41) is 3.79. The zero-order valence-corrected chi connectivity index (χ0v) is 14.0. The molecule has 118 valence electrons. The molecule has 0 aliphatic carbocycles. The van der Waals surface area contributed by atoms with Crippen LogP contribution in [0.5, 0.6) is 0 Å². The van der Waals surface area contributed by atoms with Crippen molar-refractivity contribution >= 4 is 34.6 Å². The second kappa shape index (κ2) is 6.29. The van der Waals surface area contributed by atoms with E-state index in [2.05, 4.69) is 46.0 Å². The number of oxazole rings is 1. The van der Waals surface area contributed by atoms with Gasteiger partial charge in [0.05, 0.1) is 6.20 Å². The third-order valence-corrected chi connectivity index (χ3v) is 3.84. The minimum absolute atomic E-state index is 0.0453. The molecule has 0 fully saturated rings. The molecule has 3 aromatic heterocycles. The maximum Gasteiger partial charge on any atom is 0.228 e. The molecule has 0 aromatic carbocycles. The number of hydrogen-bond acceptors (Lipinski definition) is 7. The predicted octanol–water partition coefficient (Wildman–Crippen LogP) is 4.13. The molecule has 6 nitrogen and oxygen atoms in total. The Hall–Kier alpha value is -2.54. The molecular formula is C16H17N5OS. The Bertz CT molecular complexity index is 801. The number of nitrogens with zero attached hydrogens (tertiary/aromatic N) is 4. The molecule has 0 spiro atoms. The highest BCUT2D eigenvalue weighted by atomic mass is 32.1. The van der Waals surface area contributed by atoms with E-state index < -0.39 is 0 Å². The molecule has 0 atom stereocenters. The molecule has 0 aliphatic heterocycles. The van der Waals surface area contributed by atoms with Crippen LogP contribution >= 0.6 is 11.3 Å². The highest BCUT2D eigenvalue weighted by Gasteiger charge is 2.18. The number of nitrogens with one attached hydrogen (secondary N) is 1. The molecule has 0 aliphatic rings. The Morgan fingerprint density at radius 1 is 1.04 bits per heavy atom. The van der Waals surface area contributed by atoms with Crippen LogP contribution in [-0.2, 0) is 5.41 Å². The Labute approximate surface area is 138 Å². The van der Waals surface area contributed by atoms with E-state index in [0.717, 1.165) is 15.8 Å². The van der Waals surface area contributed by atoms with Gasteiger partial charge in [0.25, 0.3) is 0 Å². The number of anilines is 2. The molecule has 23 heavy (non-hydrogen) atoms. The van der Waals surface area contributed by atoms with E-state index in [1.807, 2.05) is 12.2 Å². The van der Waals surface area contributed by atoms with Gasteiger partial charge < -0.3 is 9.73 Å². The van der Waals surface area contributed by atoms with Gasteiger partial charge in [-0.25, -0.2) is 19.9 Å². The van der Waals surface area contributed by atoms with Crippen LogP contribution in [0, 0.1) is 0 Å². The van der Waals surface area contributed by atoms with E-state index >= 15 is 0 Å². The number of hydrogen-bond donors (Lipinski definition) is 1. The van der Waals surface area contributed by atoms with Gasteiger partial charge in [-0.05, 0) is 12.1 Å². The summed E-state index contributed by atoms with van der Waals surface area (Å²) in [5.41, 5.74) is -0.0453. The van der Waals surface area contributed by atoms with Crippen LogP contribution in [0.15, 0.2) is 35.3 Å². The van der Waals surface area contributed by atoms with Gasteiger partial charge in [0.1, 0.15) is 5.76 Å². The van der Waals surface area contributed by atoms with Crippen LogP contribution in [0.25, 0.3) is 12.2 Å². The molecule has 7 heteroatoms. The first-order valence-electron chi connectivity index (χ1n) is 7.15. The highest BCUT2D eigenvalue weighted by Crippen LogP contribution is 2.25. The molecule has 3 rings (SSSR count). The zero-order valence-electron chi connectivity index (χ0n) is 13.1. The second-order valence-corrected chi connectivity index (χ2v) is 6.97. The summed E-state index contributed by atoms with van der Waals surface area (Å²) in [5.74, 6) is 1.98. The highest BCUT2D eigenvalue weighted by molar-refractivity contribution is 7.16. The first kappa shape index (κ1) is 15.4. The summed E-state index contributed by atoms with van der Waals surface area (Å²) >= 11 is 1.50. The number of thiazole rings is 1. The molecule has 1 N–H and O–H groups in total. The largest absolute Gasteiger partial charge is 0.441 e. The smallest absolute Gasteiger partial charge is 0.228 e. The van der Waals surface area contributed by atoms with E-state index in [-0.39, 0.29) is 5.41 Å². The molecule has 0 amide bonds. The summed E-state index contributed by atoms with van der Waals surface area (Å²) < 4.78 is 5.72. The van der Waals surface area contributed by atoms with Crippen LogP contribution in [0.1, 0.15) is 37.3 Å². The van der Waals surface area contributed by atoms with Crippen LogP contribution < -0.4 is 5.32 Å². The molecule has 0 saturated heterocycles. The molecule has 0 unspecified atom stereocenters. The number of rotatable bonds is 4. The van der Waals surface area contributed by atoms with Gasteiger partial charge in [-0.1, -0.05) is 32.1 Å². The van der Waals surface area contributed by atoms with Gasteiger partial charge in [0, 0.05) is 35.0 Å². The first-order chi connectivity index (χ1) is 11.0. The quantitative estimate of drug-likeness (QED) is 0.776. The normalized spacial score (nSPS) is 12.0. The van der Waals surface area contributed by atoms with E-state index in [1.54, 1.807) is 30.9 Å². The van der Waals surface area contributed by atoms with Gasteiger partial charge in [0.2, 0.25) is 11.8 Å². The van der Waals surface area contributed by atoms with Gasteiger partial charge in [0.15, 0.2) is 5.13 Å². The third kappa shape index (κ3) is 4.01. The van der Waals surface area contributed by atoms with Crippen LogP contribution in [0.3, 0.4) is 0 Å². The predicted molar refractivity (Wildman–Crippen MR) is 91.6 cm³/mol. The first-order valence-corrected chi connectivity index (χ1v) is 7.96. The van der Waals surface area contributed by atoms with Crippen molar-refractivity contribution in [2.75, 3.05) is 5.32 Å². The van der Waals surface area contributed by atoms with E-state index in [4.69, 9.17) is 4.42 Å². The Kier molecular flexibility index (Phi) is 4.20.